The lowest BCUT2D eigenvalue weighted by Crippen LogP contribution is -2.60. The lowest BCUT2D eigenvalue weighted by molar-refractivity contribution is -0.146. The quantitative estimate of drug-likeness (QED) is 0.188. The fourth-order valence-electron chi connectivity index (χ4n) is 10.7. The molecule has 0 spiro atoms. The molecule has 2 aliphatic carbocycles. The molecule has 17 heteroatoms. The second-order valence-corrected chi connectivity index (χ2v) is 23.7. The highest BCUT2D eigenvalue weighted by atomic mass is 32.2. The summed E-state index contributed by atoms with van der Waals surface area (Å²) in [5, 5.41) is 12.3. The van der Waals surface area contributed by atoms with Gasteiger partial charge in [-0.05, 0) is 158 Å². The maximum Gasteiger partial charge on any atom is 0.410 e. The zero-order chi connectivity index (χ0) is 51.0. The maximum atomic E-state index is 13.8. The molecule has 2 aromatic rings. The van der Waals surface area contributed by atoms with Crippen LogP contribution in [0.4, 0.5) is 4.79 Å². The molecule has 10 atom stereocenters. The van der Waals surface area contributed by atoms with Gasteiger partial charge in [0.25, 0.3) is 0 Å². The average molecular weight is 1020 g/mol. The normalized spacial score (nSPS) is 27.1. The van der Waals surface area contributed by atoms with Crippen LogP contribution in [0.5, 0.6) is 0 Å². The van der Waals surface area contributed by atoms with Crippen LogP contribution in [0.3, 0.4) is 0 Å². The van der Waals surface area contributed by atoms with Gasteiger partial charge in [-0.2, -0.15) is 0 Å². The number of hydrogen-bond donors (Lipinski definition) is 4. The van der Waals surface area contributed by atoms with Crippen LogP contribution in [0.1, 0.15) is 159 Å². The second-order valence-electron chi connectivity index (χ2n) is 21.1. The summed E-state index contributed by atoms with van der Waals surface area (Å²) in [6.07, 6.45) is 11.9. The molecular formula is C54H77N7O8S2. The van der Waals surface area contributed by atoms with E-state index in [4.69, 9.17) is 4.74 Å². The Morgan fingerprint density at radius 2 is 1.08 bits per heavy atom. The molecule has 4 aliphatic heterocycles. The van der Waals surface area contributed by atoms with E-state index in [0.717, 1.165) is 81.9 Å². The van der Waals surface area contributed by atoms with Gasteiger partial charge in [-0.15, -0.1) is 23.5 Å². The molecule has 7 amide bonds. The molecule has 8 rings (SSSR count). The van der Waals surface area contributed by atoms with Crippen LogP contribution in [-0.4, -0.2) is 121 Å². The lowest BCUT2D eigenvalue weighted by Gasteiger charge is -2.41. The third-order valence-electron chi connectivity index (χ3n) is 15.0. The molecule has 0 aromatic heterocycles. The molecule has 6 aliphatic rings. The number of benzene rings is 2. The van der Waals surface area contributed by atoms with Gasteiger partial charge in [-0.1, -0.05) is 62.4 Å². The summed E-state index contributed by atoms with van der Waals surface area (Å²) in [7, 11) is 1.51. The van der Waals surface area contributed by atoms with E-state index in [1.807, 2.05) is 32.0 Å². The number of carbonyl (C=O) groups excluding carboxylic acids is 7. The van der Waals surface area contributed by atoms with E-state index in [0.29, 0.717) is 31.4 Å². The predicted octanol–water partition coefficient (Wildman–Crippen LogP) is 7.32. The van der Waals surface area contributed by atoms with Crippen molar-refractivity contribution >= 4 is 65.1 Å². The molecule has 71 heavy (non-hydrogen) atoms. The van der Waals surface area contributed by atoms with Gasteiger partial charge in [-0.25, -0.2) is 4.79 Å². The number of nitrogens with one attached hydrogen (secondary N) is 4. The Hall–Kier alpha value is -4.77. The Morgan fingerprint density at radius 3 is 1.54 bits per heavy atom. The third kappa shape index (κ3) is 13.3. The number of nitrogens with zero attached hydrogens (tertiary/aromatic N) is 3. The summed E-state index contributed by atoms with van der Waals surface area (Å²) in [6, 6.07) is 13.3. The Kier molecular flexibility index (Phi) is 18.5. The van der Waals surface area contributed by atoms with E-state index in [2.05, 4.69) is 51.6 Å². The smallest absolute Gasteiger partial charge is 0.410 e. The highest BCUT2D eigenvalue weighted by Crippen LogP contribution is 2.38. The van der Waals surface area contributed by atoms with Crippen LogP contribution in [-0.2, 0) is 46.3 Å². The van der Waals surface area contributed by atoms with E-state index in [9.17, 15) is 33.6 Å². The number of piperidine rings is 2. The van der Waals surface area contributed by atoms with Crippen molar-refractivity contribution in [2.24, 2.45) is 5.92 Å². The summed E-state index contributed by atoms with van der Waals surface area (Å²) in [5.74, 6) is 0.366. The summed E-state index contributed by atoms with van der Waals surface area (Å²) in [5.41, 5.74) is 4.25. The summed E-state index contributed by atoms with van der Waals surface area (Å²) < 4.78 is 5.38. The van der Waals surface area contributed by atoms with Crippen LogP contribution in [0.2, 0.25) is 0 Å². The molecule has 2 aromatic carbocycles. The highest BCUT2D eigenvalue weighted by molar-refractivity contribution is 8.00. The fraction of sp³-hybridized carbons (Fsp3) is 0.648. The Bertz CT molecular complexity index is 2260. The van der Waals surface area contributed by atoms with Gasteiger partial charge >= 0.3 is 6.09 Å². The molecule has 4 N–H and O–H groups in total. The van der Waals surface area contributed by atoms with E-state index >= 15 is 0 Å². The molecule has 2 unspecified atom stereocenters. The van der Waals surface area contributed by atoms with Gasteiger partial charge < -0.3 is 35.8 Å². The van der Waals surface area contributed by atoms with Gasteiger partial charge in [-0.3, -0.25) is 33.7 Å². The predicted molar refractivity (Wildman–Crippen MR) is 278 cm³/mol. The van der Waals surface area contributed by atoms with Crippen molar-refractivity contribution in [2.75, 3.05) is 18.6 Å². The number of thioether (sulfide) groups is 2. The molecule has 388 valence electrons. The molecule has 4 saturated heterocycles. The van der Waals surface area contributed by atoms with Gasteiger partial charge in [0.1, 0.15) is 35.8 Å². The average Bonchev–Trinajstić information content (AvgIpc) is 3.62. The fourth-order valence-corrected chi connectivity index (χ4v) is 13.5. The first kappa shape index (κ1) is 54.0. The van der Waals surface area contributed by atoms with Gasteiger partial charge in [0.05, 0.1) is 22.8 Å². The van der Waals surface area contributed by atoms with E-state index < -0.39 is 47.8 Å². The monoisotopic (exact) mass is 1020 g/mol. The third-order valence-corrected chi connectivity index (χ3v) is 17.6. The van der Waals surface area contributed by atoms with Crippen molar-refractivity contribution in [2.45, 2.75) is 196 Å². The summed E-state index contributed by atoms with van der Waals surface area (Å²) in [4.78, 5) is 97.3. The van der Waals surface area contributed by atoms with Crippen molar-refractivity contribution < 1.29 is 38.3 Å². The van der Waals surface area contributed by atoms with Crippen LogP contribution in [0.25, 0.3) is 0 Å². The molecular weight excluding hydrogens is 939 g/mol. The number of aryl methyl sites for hydroxylation is 2. The minimum atomic E-state index is -0.828. The van der Waals surface area contributed by atoms with Crippen LogP contribution in [0, 0.1) is 5.92 Å². The minimum absolute atomic E-state index is 0.00321. The Balaban J connectivity index is 0.000000213. The Labute approximate surface area is 429 Å². The van der Waals surface area contributed by atoms with Crippen molar-refractivity contribution in [3.63, 3.8) is 0 Å². The van der Waals surface area contributed by atoms with Crippen molar-refractivity contribution in [1.29, 1.82) is 0 Å². The van der Waals surface area contributed by atoms with E-state index in [1.54, 1.807) is 61.0 Å². The van der Waals surface area contributed by atoms with Crippen molar-refractivity contribution in [1.82, 2.24) is 36.0 Å². The molecule has 15 nitrogen and oxygen atoms in total. The number of fused-ring (bicyclic) bond motifs is 4. The lowest BCUT2D eigenvalue weighted by atomic mass is 9.87. The van der Waals surface area contributed by atoms with Crippen molar-refractivity contribution in [3.8, 4) is 0 Å². The molecule has 0 bridgehead atoms. The zero-order valence-corrected chi connectivity index (χ0v) is 44.5. The minimum Gasteiger partial charge on any atom is -0.444 e. The standard InChI is InChI=1S/C29H42N4O5S.C25H35N3O3S/c1-18(32(5)28(37)38-29(2,3)4)25(34)31-22-16-17-39-24-15-9-14-23(33(24)27(22)36)26(35)30-21-13-8-11-19-10-6-7-12-20(19)21;1-3-16(2)23(29)27-20-14-15-32-22-13-7-12-21(28(22)25(20)31)24(30)26-19-11-6-9-17-8-4-5-10-18(17)19/h6-7,10,12,18,21-24H,8-9,11,13-17H2,1-5H3,(H,30,35)(H,31,34);4-5,8,10,16,19-22H,3,6-7,9,11-15H2,1-2H3,(H,26,30)(H,27,29)/t18-,21+,22-,23?,24-;16-,19-,20+,21?,22+/m01/s1. The number of likely N-dealkylation sites (N-methyl/N-ethyl adjacent to an activating group) is 1. The van der Waals surface area contributed by atoms with Gasteiger partial charge in [0.2, 0.25) is 35.4 Å². The zero-order valence-electron chi connectivity index (χ0n) is 42.8. The highest BCUT2D eigenvalue weighted by Gasteiger charge is 2.46. The van der Waals surface area contributed by atoms with Crippen LogP contribution < -0.4 is 21.3 Å². The molecule has 4 fully saturated rings. The largest absolute Gasteiger partial charge is 0.444 e. The number of carbonyl (C=O) groups is 7. The first-order valence-corrected chi connectivity index (χ1v) is 28.3. The SMILES string of the molecule is CC[C@@H](C)C(=O)N[C@H]1CCS[C@H]2CCCC(C(=O)N[C@@H]3CCCc4ccccc43)N2C1=O.C[C@@H](C(=O)N[C@H]1CCS[C@H]2CCCC(C(=O)N[C@@H]3CCCc4ccccc43)N2C1=O)N(C)C(=O)OC(C)(C)C. The van der Waals surface area contributed by atoms with Gasteiger partial charge in [0, 0.05) is 13.0 Å². The summed E-state index contributed by atoms with van der Waals surface area (Å²) in [6.45, 7) is 10.8. The van der Waals surface area contributed by atoms with E-state index in [1.165, 1.54) is 28.6 Å². The van der Waals surface area contributed by atoms with Crippen LogP contribution in [0.15, 0.2) is 48.5 Å². The maximum absolute atomic E-state index is 13.8. The van der Waals surface area contributed by atoms with Gasteiger partial charge in [0.15, 0.2) is 0 Å². The second kappa shape index (κ2) is 24.3. The number of amides is 7. The van der Waals surface area contributed by atoms with E-state index in [-0.39, 0.29) is 58.3 Å². The number of hydrogen-bond acceptors (Lipinski definition) is 10. The molecule has 0 saturated carbocycles. The summed E-state index contributed by atoms with van der Waals surface area (Å²) >= 11 is 3.42. The van der Waals surface area contributed by atoms with Crippen molar-refractivity contribution in [3.05, 3.63) is 70.8 Å². The first-order chi connectivity index (χ1) is 33.9. The molecule has 4 heterocycles. The first-order valence-electron chi connectivity index (χ1n) is 26.2. The van der Waals surface area contributed by atoms with Crippen LogP contribution >= 0.6 is 23.5 Å². The Morgan fingerprint density at radius 1 is 0.634 bits per heavy atom. The number of ether oxygens (including phenoxy) is 1. The number of rotatable bonds is 10. The topological polar surface area (TPSA) is 187 Å². The molecule has 0 radical (unpaired) electrons.